The summed E-state index contributed by atoms with van der Waals surface area (Å²) in [4.78, 5) is 3.52. The fourth-order valence-corrected chi connectivity index (χ4v) is 2.37. The molecule has 2 heteroatoms. The molecule has 0 aliphatic rings. The lowest BCUT2D eigenvalue weighted by Crippen LogP contribution is -2.40. The maximum Gasteiger partial charge on any atom is 0.143 e. The van der Waals surface area contributed by atoms with Gasteiger partial charge in [-0.15, -0.1) is 0 Å². The van der Waals surface area contributed by atoms with Gasteiger partial charge in [-0.25, -0.2) is 0 Å². The molecule has 0 aromatic carbocycles. The summed E-state index contributed by atoms with van der Waals surface area (Å²) in [5.41, 5.74) is 1.24. The fraction of sp³-hybridized carbons (Fsp3) is 0.800. The van der Waals surface area contributed by atoms with Crippen molar-refractivity contribution in [3.8, 4) is 0 Å². The first-order valence-electron chi connectivity index (χ1n) is 4.91. The molecule has 0 heterocycles. The molecule has 12 heavy (non-hydrogen) atoms. The zero-order valence-corrected chi connectivity index (χ0v) is 10.0. The topological polar surface area (TPSA) is 12.0 Å². The van der Waals surface area contributed by atoms with Gasteiger partial charge in [0.15, 0.2) is 0 Å². The number of hydrogen-bond donors (Lipinski definition) is 1. The molecule has 0 saturated heterocycles. The van der Waals surface area contributed by atoms with Crippen molar-refractivity contribution in [2.45, 2.75) is 52.2 Å². The highest BCUT2D eigenvalue weighted by Crippen LogP contribution is 2.07. The summed E-state index contributed by atoms with van der Waals surface area (Å²) < 4.78 is 0. The van der Waals surface area contributed by atoms with Crippen LogP contribution in [0.2, 0.25) is 19.6 Å². The summed E-state index contributed by atoms with van der Waals surface area (Å²) in [5.74, 6) is 0. The Morgan fingerprint density at radius 2 is 1.83 bits per heavy atom. The van der Waals surface area contributed by atoms with E-state index in [1.807, 2.05) is 0 Å². The molecule has 0 amide bonds. The van der Waals surface area contributed by atoms with Gasteiger partial charge >= 0.3 is 0 Å². The van der Waals surface area contributed by atoms with Crippen LogP contribution in [0.25, 0.3) is 0 Å². The van der Waals surface area contributed by atoms with Gasteiger partial charge in [-0.1, -0.05) is 46.0 Å². The molecule has 0 atom stereocenters. The van der Waals surface area contributed by atoms with Crippen LogP contribution in [0.5, 0.6) is 0 Å². The Kier molecular flexibility index (Phi) is 5.30. The Balaban J connectivity index is 3.47. The van der Waals surface area contributed by atoms with Crippen LogP contribution >= 0.6 is 0 Å². The van der Waals surface area contributed by atoms with Gasteiger partial charge in [-0.05, 0) is 18.5 Å². The molecule has 0 aliphatic carbocycles. The van der Waals surface area contributed by atoms with Crippen molar-refractivity contribution in [1.82, 2.24) is 4.98 Å². The third-order valence-electron chi connectivity index (χ3n) is 1.63. The Morgan fingerprint density at radius 3 is 2.25 bits per heavy atom. The van der Waals surface area contributed by atoms with Crippen molar-refractivity contribution >= 4 is 8.24 Å². The number of allylic oxidation sites excluding steroid dienone is 1. The molecule has 1 nitrogen and oxygen atoms in total. The average Bonchev–Trinajstić information content (AvgIpc) is 1.84. The lowest BCUT2D eigenvalue weighted by Gasteiger charge is -2.21. The molecule has 1 N–H and O–H groups in total. The summed E-state index contributed by atoms with van der Waals surface area (Å²) in [5, 5.41) is 0. The first-order valence-corrected chi connectivity index (χ1v) is 8.41. The summed E-state index contributed by atoms with van der Waals surface area (Å²) in [6.07, 6.45) is 5.05. The summed E-state index contributed by atoms with van der Waals surface area (Å²) in [6, 6.07) is 0. The van der Waals surface area contributed by atoms with Gasteiger partial charge in [0.1, 0.15) is 8.24 Å². The molecule has 0 aromatic heterocycles. The van der Waals surface area contributed by atoms with Crippen LogP contribution in [0.3, 0.4) is 0 Å². The van der Waals surface area contributed by atoms with Gasteiger partial charge in [0.05, 0.1) is 0 Å². The fourth-order valence-electron chi connectivity index (χ4n) is 1.18. The molecule has 0 radical (unpaired) electrons. The van der Waals surface area contributed by atoms with E-state index in [2.05, 4.69) is 38.1 Å². The van der Waals surface area contributed by atoms with Gasteiger partial charge in [0, 0.05) is 0 Å². The number of rotatable bonds is 6. The zero-order valence-electron chi connectivity index (χ0n) is 9.04. The zero-order chi connectivity index (χ0) is 9.61. The number of unbranched alkanes of at least 4 members (excludes halogenated alkanes) is 2. The van der Waals surface area contributed by atoms with Crippen molar-refractivity contribution in [3.63, 3.8) is 0 Å². The summed E-state index contributed by atoms with van der Waals surface area (Å²) >= 11 is 0. The highest BCUT2D eigenvalue weighted by atomic mass is 28.3. The van der Waals surface area contributed by atoms with Crippen LogP contribution in [0, 0.1) is 0 Å². The van der Waals surface area contributed by atoms with E-state index in [4.69, 9.17) is 0 Å². The van der Waals surface area contributed by atoms with E-state index in [1.165, 1.54) is 25.0 Å². The molecule has 0 fully saturated rings. The Labute approximate surface area is 78.3 Å². The molecular formula is C10H23NSi. The third-order valence-corrected chi connectivity index (χ3v) is 2.74. The number of hydrogen-bond acceptors (Lipinski definition) is 1. The van der Waals surface area contributed by atoms with Crippen molar-refractivity contribution in [3.05, 3.63) is 12.3 Å². The van der Waals surface area contributed by atoms with Crippen LogP contribution in [-0.4, -0.2) is 8.24 Å². The average molecular weight is 185 g/mol. The third kappa shape index (κ3) is 7.86. The molecule has 0 unspecified atom stereocenters. The van der Waals surface area contributed by atoms with E-state index in [-0.39, 0.29) is 0 Å². The van der Waals surface area contributed by atoms with E-state index in [1.54, 1.807) is 0 Å². The second kappa shape index (κ2) is 5.41. The molecule has 0 spiro atoms. The standard InChI is InChI=1S/C10H23NSi/c1-6-7-8-9-10(2)11-12(3,4)5/h11H,2,6-9H2,1,3-5H3. The van der Waals surface area contributed by atoms with Gasteiger partial charge in [-0.2, -0.15) is 0 Å². The van der Waals surface area contributed by atoms with Crippen molar-refractivity contribution < 1.29 is 0 Å². The monoisotopic (exact) mass is 185 g/mol. The SMILES string of the molecule is C=C(CCCCC)N[Si](C)(C)C. The second-order valence-corrected chi connectivity index (χ2v) is 9.19. The molecule has 72 valence electrons. The molecule has 0 rings (SSSR count). The lowest BCUT2D eigenvalue weighted by atomic mass is 10.2. The van der Waals surface area contributed by atoms with E-state index in [0.29, 0.717) is 0 Å². The maximum absolute atomic E-state index is 4.04. The predicted molar refractivity (Wildman–Crippen MR) is 59.8 cm³/mol. The highest BCUT2D eigenvalue weighted by molar-refractivity contribution is 6.74. The van der Waals surface area contributed by atoms with Crippen LogP contribution in [0.4, 0.5) is 0 Å². The minimum atomic E-state index is -1.13. The Hall–Kier alpha value is -0.243. The van der Waals surface area contributed by atoms with E-state index in [9.17, 15) is 0 Å². The molecular weight excluding hydrogens is 162 g/mol. The predicted octanol–water partition coefficient (Wildman–Crippen LogP) is 3.50. The smallest absolute Gasteiger partial charge is 0.143 e. The van der Waals surface area contributed by atoms with Crippen LogP contribution in [0.15, 0.2) is 12.3 Å². The van der Waals surface area contributed by atoms with Crippen LogP contribution in [-0.2, 0) is 0 Å². The van der Waals surface area contributed by atoms with E-state index in [0.717, 1.165) is 6.42 Å². The van der Waals surface area contributed by atoms with Gasteiger partial charge in [0.2, 0.25) is 0 Å². The maximum atomic E-state index is 4.04. The largest absolute Gasteiger partial charge is 0.414 e. The lowest BCUT2D eigenvalue weighted by molar-refractivity contribution is 0.702. The molecule has 0 bridgehead atoms. The second-order valence-electron chi connectivity index (χ2n) is 4.44. The van der Waals surface area contributed by atoms with Gasteiger partial charge in [-0.3, -0.25) is 0 Å². The van der Waals surface area contributed by atoms with Crippen molar-refractivity contribution in [1.29, 1.82) is 0 Å². The van der Waals surface area contributed by atoms with Crippen molar-refractivity contribution in [2.24, 2.45) is 0 Å². The van der Waals surface area contributed by atoms with Gasteiger partial charge < -0.3 is 4.98 Å². The normalized spacial score (nSPS) is 11.3. The molecule has 0 aromatic rings. The highest BCUT2D eigenvalue weighted by Gasteiger charge is 2.12. The summed E-state index contributed by atoms with van der Waals surface area (Å²) in [6.45, 7) is 13.2. The molecule has 0 aliphatic heterocycles. The van der Waals surface area contributed by atoms with E-state index >= 15 is 0 Å². The van der Waals surface area contributed by atoms with Crippen molar-refractivity contribution in [2.75, 3.05) is 0 Å². The van der Waals surface area contributed by atoms with Gasteiger partial charge in [0.25, 0.3) is 0 Å². The van der Waals surface area contributed by atoms with Crippen LogP contribution in [0.1, 0.15) is 32.6 Å². The first-order chi connectivity index (χ1) is 5.45. The number of nitrogens with one attached hydrogen (secondary N) is 1. The first kappa shape index (κ1) is 11.8. The quantitative estimate of drug-likeness (QED) is 0.493. The van der Waals surface area contributed by atoms with Crippen LogP contribution < -0.4 is 4.98 Å². The minimum absolute atomic E-state index is 1.13. The molecule has 0 saturated carbocycles. The Morgan fingerprint density at radius 1 is 1.25 bits per heavy atom. The van der Waals surface area contributed by atoms with E-state index < -0.39 is 8.24 Å². The summed E-state index contributed by atoms with van der Waals surface area (Å²) in [7, 11) is -1.13. The Bertz CT molecular complexity index is 135. The minimum Gasteiger partial charge on any atom is -0.414 e.